The molecule has 6 heteroatoms. The van der Waals surface area contributed by atoms with Gasteiger partial charge >= 0.3 is 0 Å². The van der Waals surface area contributed by atoms with Crippen molar-refractivity contribution in [2.24, 2.45) is 7.05 Å². The number of aromatic nitrogens is 2. The van der Waals surface area contributed by atoms with E-state index >= 15 is 0 Å². The Morgan fingerprint density at radius 3 is 2.83 bits per heavy atom. The van der Waals surface area contributed by atoms with E-state index in [1.807, 2.05) is 18.2 Å². The maximum Gasteiger partial charge on any atom is 0.255 e. The number of carbonyl (C=O) groups is 1. The van der Waals surface area contributed by atoms with E-state index in [0.29, 0.717) is 17.8 Å². The number of benzene rings is 1. The zero-order valence-electron chi connectivity index (χ0n) is 13.6. The lowest BCUT2D eigenvalue weighted by Crippen LogP contribution is -2.29. The molecular formula is C18H19N3O2S. The Balaban J connectivity index is 1.63. The second-order valence-electron chi connectivity index (χ2n) is 5.53. The third kappa shape index (κ3) is 3.89. The van der Waals surface area contributed by atoms with E-state index in [-0.39, 0.29) is 11.2 Å². The number of rotatable bonds is 6. The van der Waals surface area contributed by atoms with Crippen LogP contribution in [0.25, 0.3) is 11.3 Å². The van der Waals surface area contributed by atoms with Crippen molar-refractivity contribution < 1.29 is 9.21 Å². The van der Waals surface area contributed by atoms with E-state index in [1.54, 1.807) is 48.3 Å². The van der Waals surface area contributed by atoms with Crippen molar-refractivity contribution in [3.05, 3.63) is 60.7 Å². The van der Waals surface area contributed by atoms with Crippen LogP contribution in [0.15, 0.2) is 64.4 Å². The molecule has 0 saturated heterocycles. The Kier molecular flexibility index (Phi) is 5.05. The maximum atomic E-state index is 12.5. The van der Waals surface area contributed by atoms with Gasteiger partial charge in [-0.05, 0) is 18.2 Å². The normalized spacial score (nSPS) is 12.1. The first-order chi connectivity index (χ1) is 11.6. The van der Waals surface area contributed by atoms with Crippen molar-refractivity contribution in [2.45, 2.75) is 17.1 Å². The number of thioether (sulfide) groups is 1. The largest absolute Gasteiger partial charge is 0.472 e. The molecule has 0 radical (unpaired) electrons. The highest BCUT2D eigenvalue weighted by atomic mass is 32.2. The van der Waals surface area contributed by atoms with Crippen molar-refractivity contribution in [1.29, 1.82) is 0 Å². The van der Waals surface area contributed by atoms with Gasteiger partial charge in [-0.2, -0.15) is 5.10 Å². The zero-order valence-corrected chi connectivity index (χ0v) is 14.4. The van der Waals surface area contributed by atoms with Crippen LogP contribution >= 0.6 is 11.8 Å². The van der Waals surface area contributed by atoms with Crippen LogP contribution in [0.5, 0.6) is 0 Å². The summed E-state index contributed by atoms with van der Waals surface area (Å²) in [6, 6.07) is 12.0. The summed E-state index contributed by atoms with van der Waals surface area (Å²) in [7, 11) is 1.80. The molecule has 1 amide bonds. The topological polar surface area (TPSA) is 60.1 Å². The summed E-state index contributed by atoms with van der Waals surface area (Å²) in [6.45, 7) is 2.68. The maximum absolute atomic E-state index is 12.5. The molecule has 2 aromatic heterocycles. The van der Waals surface area contributed by atoms with Crippen LogP contribution in [-0.4, -0.2) is 27.5 Å². The Morgan fingerprint density at radius 1 is 1.33 bits per heavy atom. The molecule has 0 saturated carbocycles. The van der Waals surface area contributed by atoms with E-state index < -0.39 is 0 Å². The van der Waals surface area contributed by atoms with E-state index in [4.69, 9.17) is 4.42 Å². The average molecular weight is 341 g/mol. The molecule has 3 aromatic rings. The molecule has 1 atom stereocenters. The molecule has 1 N–H and O–H groups in total. The lowest BCUT2D eigenvalue weighted by atomic mass is 10.1. The molecule has 0 aliphatic rings. The van der Waals surface area contributed by atoms with Gasteiger partial charge in [0.05, 0.1) is 18.1 Å². The van der Waals surface area contributed by atoms with Gasteiger partial charge in [0.1, 0.15) is 5.69 Å². The number of aryl methyl sites for hydroxylation is 1. The lowest BCUT2D eigenvalue weighted by Gasteiger charge is -2.12. The molecule has 5 nitrogen and oxygen atoms in total. The minimum Gasteiger partial charge on any atom is -0.472 e. The Labute approximate surface area is 145 Å². The quantitative estimate of drug-likeness (QED) is 0.696. The van der Waals surface area contributed by atoms with Gasteiger partial charge in [0.15, 0.2) is 0 Å². The molecule has 0 fully saturated rings. The number of nitrogens with one attached hydrogen (secondary N) is 1. The number of nitrogens with zero attached hydrogens (tertiary/aromatic N) is 2. The molecule has 1 aromatic carbocycles. The summed E-state index contributed by atoms with van der Waals surface area (Å²) in [6.07, 6.45) is 4.89. The first-order valence-electron chi connectivity index (χ1n) is 7.69. The number of hydrogen-bond acceptors (Lipinski definition) is 4. The zero-order chi connectivity index (χ0) is 16.9. The summed E-state index contributed by atoms with van der Waals surface area (Å²) in [5.41, 5.74) is 1.98. The standard InChI is InChI=1S/C18H19N3O2S/c1-13(24-15-6-4-3-5-7-15)10-19-18(22)16-11-21(2)20-17(16)14-8-9-23-12-14/h3-9,11-13H,10H2,1-2H3,(H,19,22)/t13-/m1/s1. The van der Waals surface area contributed by atoms with Gasteiger partial charge in [0.2, 0.25) is 0 Å². The highest BCUT2D eigenvalue weighted by Crippen LogP contribution is 2.24. The summed E-state index contributed by atoms with van der Waals surface area (Å²) >= 11 is 1.74. The van der Waals surface area contributed by atoms with Gasteiger partial charge in [0.25, 0.3) is 5.91 Å². The van der Waals surface area contributed by atoms with Crippen LogP contribution in [0.3, 0.4) is 0 Å². The highest BCUT2D eigenvalue weighted by Gasteiger charge is 2.18. The molecule has 0 aliphatic heterocycles. The number of furan rings is 1. The van der Waals surface area contributed by atoms with E-state index in [0.717, 1.165) is 5.56 Å². The predicted octanol–water partition coefficient (Wildman–Crippen LogP) is 3.59. The van der Waals surface area contributed by atoms with Gasteiger partial charge in [-0.3, -0.25) is 9.48 Å². The second-order valence-corrected chi connectivity index (χ2v) is 7.04. The van der Waals surface area contributed by atoms with Crippen LogP contribution < -0.4 is 5.32 Å². The van der Waals surface area contributed by atoms with Crippen molar-refractivity contribution in [3.63, 3.8) is 0 Å². The molecule has 124 valence electrons. The highest BCUT2D eigenvalue weighted by molar-refractivity contribution is 8.00. The smallest absolute Gasteiger partial charge is 0.255 e. The third-order valence-electron chi connectivity index (χ3n) is 3.50. The van der Waals surface area contributed by atoms with Gasteiger partial charge in [0, 0.05) is 35.5 Å². The minimum atomic E-state index is -0.125. The lowest BCUT2D eigenvalue weighted by molar-refractivity contribution is 0.0954. The minimum absolute atomic E-state index is 0.125. The third-order valence-corrected chi connectivity index (χ3v) is 4.61. The molecule has 0 spiro atoms. The Bertz CT molecular complexity index is 797. The van der Waals surface area contributed by atoms with Crippen LogP contribution in [0.1, 0.15) is 17.3 Å². The molecule has 0 unspecified atom stereocenters. The Hall–Kier alpha value is -2.47. The van der Waals surface area contributed by atoms with Gasteiger partial charge in [-0.25, -0.2) is 0 Å². The molecule has 24 heavy (non-hydrogen) atoms. The fraction of sp³-hybridized carbons (Fsp3) is 0.222. The predicted molar refractivity (Wildman–Crippen MR) is 95.0 cm³/mol. The molecule has 0 bridgehead atoms. The van der Waals surface area contributed by atoms with Crippen molar-refractivity contribution >= 4 is 17.7 Å². The number of hydrogen-bond donors (Lipinski definition) is 1. The number of carbonyl (C=O) groups excluding carboxylic acids is 1. The van der Waals surface area contributed by atoms with E-state index in [2.05, 4.69) is 29.5 Å². The summed E-state index contributed by atoms with van der Waals surface area (Å²) in [5, 5.41) is 7.62. The first-order valence-corrected chi connectivity index (χ1v) is 8.57. The SMILES string of the molecule is C[C@H](CNC(=O)c1cn(C)nc1-c1ccoc1)Sc1ccccc1. The summed E-state index contributed by atoms with van der Waals surface area (Å²) in [4.78, 5) is 13.7. The number of amides is 1. The van der Waals surface area contributed by atoms with Crippen LogP contribution in [0.2, 0.25) is 0 Å². The fourth-order valence-electron chi connectivity index (χ4n) is 2.37. The van der Waals surface area contributed by atoms with Crippen LogP contribution in [0.4, 0.5) is 0 Å². The fourth-order valence-corrected chi connectivity index (χ4v) is 3.32. The molecule has 3 rings (SSSR count). The average Bonchev–Trinajstić information content (AvgIpc) is 3.22. The second kappa shape index (κ2) is 7.40. The van der Waals surface area contributed by atoms with E-state index in [1.165, 1.54) is 4.90 Å². The molecular weight excluding hydrogens is 322 g/mol. The van der Waals surface area contributed by atoms with Gasteiger partial charge in [-0.15, -0.1) is 11.8 Å². The van der Waals surface area contributed by atoms with Crippen molar-refractivity contribution in [1.82, 2.24) is 15.1 Å². The first kappa shape index (κ1) is 16.4. The summed E-state index contributed by atoms with van der Waals surface area (Å²) < 4.78 is 6.73. The van der Waals surface area contributed by atoms with Crippen molar-refractivity contribution in [2.75, 3.05) is 6.54 Å². The van der Waals surface area contributed by atoms with Crippen LogP contribution in [0, 0.1) is 0 Å². The molecule has 0 aliphatic carbocycles. The van der Waals surface area contributed by atoms with Gasteiger partial charge < -0.3 is 9.73 Å². The van der Waals surface area contributed by atoms with Gasteiger partial charge in [-0.1, -0.05) is 25.1 Å². The van der Waals surface area contributed by atoms with E-state index in [9.17, 15) is 4.79 Å². The van der Waals surface area contributed by atoms with Crippen molar-refractivity contribution in [3.8, 4) is 11.3 Å². The van der Waals surface area contributed by atoms with Crippen LogP contribution in [-0.2, 0) is 7.05 Å². The monoisotopic (exact) mass is 341 g/mol. The summed E-state index contributed by atoms with van der Waals surface area (Å²) in [5.74, 6) is -0.125. The molecule has 2 heterocycles. The Morgan fingerprint density at radius 2 is 2.12 bits per heavy atom.